The van der Waals surface area contributed by atoms with Crippen molar-refractivity contribution in [2.24, 2.45) is 0 Å². The molecular weight excluding hydrogens is 167 g/mol. The van der Waals surface area contributed by atoms with Crippen LogP contribution in [0.15, 0.2) is 30.3 Å². The molecule has 0 unspecified atom stereocenters. The average molecular weight is 180 g/mol. The molecule has 0 saturated carbocycles. The van der Waals surface area contributed by atoms with Crippen LogP contribution in [0.3, 0.4) is 0 Å². The van der Waals surface area contributed by atoms with Gasteiger partial charge in [0.1, 0.15) is 6.67 Å². The molecule has 0 spiro atoms. The molecule has 1 rings (SSSR count). The minimum absolute atomic E-state index is 0.118. The summed E-state index contributed by atoms with van der Waals surface area (Å²) in [5, 5.41) is 8.66. The van der Waals surface area contributed by atoms with Crippen molar-refractivity contribution in [1.82, 2.24) is 0 Å². The van der Waals surface area contributed by atoms with E-state index in [1.54, 1.807) is 0 Å². The lowest BCUT2D eigenvalue weighted by Crippen LogP contribution is -1.89. The van der Waals surface area contributed by atoms with Gasteiger partial charge in [-0.25, -0.2) is 4.39 Å². The Morgan fingerprint density at radius 1 is 1.54 bits per heavy atom. The van der Waals surface area contributed by atoms with E-state index in [0.29, 0.717) is 5.57 Å². The van der Waals surface area contributed by atoms with E-state index in [9.17, 15) is 4.39 Å². The first-order valence-corrected chi connectivity index (χ1v) is 4.21. The number of aryl methyl sites for hydroxylation is 1. The van der Waals surface area contributed by atoms with Crippen LogP contribution < -0.4 is 0 Å². The average Bonchev–Trinajstić information content (AvgIpc) is 2.14. The van der Waals surface area contributed by atoms with Gasteiger partial charge in [0.25, 0.3) is 0 Å². The quantitative estimate of drug-likeness (QED) is 0.757. The van der Waals surface area contributed by atoms with Gasteiger partial charge in [0.15, 0.2) is 0 Å². The van der Waals surface area contributed by atoms with Gasteiger partial charge in [0.2, 0.25) is 0 Å². The van der Waals surface area contributed by atoms with Crippen LogP contribution in [0.2, 0.25) is 0 Å². The Labute approximate surface area is 77.5 Å². The van der Waals surface area contributed by atoms with Crippen LogP contribution in [0, 0.1) is 6.92 Å². The zero-order chi connectivity index (χ0) is 9.68. The van der Waals surface area contributed by atoms with Crippen LogP contribution in [-0.2, 0) is 0 Å². The SMILES string of the molecule is Cc1cccc(/C(=C/CO)CF)c1. The predicted octanol–water partition coefficient (Wildman–Crippen LogP) is 2.34. The van der Waals surface area contributed by atoms with Crippen LogP contribution in [0.4, 0.5) is 4.39 Å². The van der Waals surface area contributed by atoms with E-state index < -0.39 is 6.67 Å². The number of alkyl halides is 1. The number of rotatable bonds is 3. The standard InChI is InChI=1S/C11H13FO/c1-9-3-2-4-10(7-9)11(8-12)5-6-13/h2-5,7,13H,6,8H2,1H3/b11-5+. The van der Waals surface area contributed by atoms with Crippen LogP contribution in [-0.4, -0.2) is 18.4 Å². The molecule has 0 aromatic heterocycles. The van der Waals surface area contributed by atoms with Crippen molar-refractivity contribution in [1.29, 1.82) is 0 Å². The van der Waals surface area contributed by atoms with E-state index in [0.717, 1.165) is 11.1 Å². The minimum atomic E-state index is -0.538. The van der Waals surface area contributed by atoms with Gasteiger partial charge in [0, 0.05) is 0 Å². The fourth-order valence-corrected chi connectivity index (χ4v) is 1.20. The molecule has 1 aromatic rings. The van der Waals surface area contributed by atoms with Crippen molar-refractivity contribution in [2.75, 3.05) is 13.3 Å². The smallest absolute Gasteiger partial charge is 0.115 e. The van der Waals surface area contributed by atoms with Gasteiger partial charge in [0.05, 0.1) is 6.61 Å². The molecule has 0 aliphatic carbocycles. The molecule has 0 aliphatic heterocycles. The summed E-state index contributed by atoms with van der Waals surface area (Å²) in [6, 6.07) is 7.58. The first kappa shape index (κ1) is 9.93. The Balaban J connectivity index is 2.98. The van der Waals surface area contributed by atoms with E-state index in [1.807, 2.05) is 31.2 Å². The summed E-state index contributed by atoms with van der Waals surface area (Å²) in [6.45, 7) is 1.30. The maximum absolute atomic E-state index is 12.5. The van der Waals surface area contributed by atoms with Crippen LogP contribution in [0.25, 0.3) is 5.57 Å². The van der Waals surface area contributed by atoms with Gasteiger partial charge in [-0.1, -0.05) is 35.9 Å². The number of benzene rings is 1. The van der Waals surface area contributed by atoms with Gasteiger partial charge in [-0.2, -0.15) is 0 Å². The van der Waals surface area contributed by atoms with Crippen molar-refractivity contribution < 1.29 is 9.50 Å². The molecule has 70 valence electrons. The normalized spacial score (nSPS) is 11.8. The monoisotopic (exact) mass is 180 g/mol. The zero-order valence-electron chi connectivity index (χ0n) is 7.63. The summed E-state index contributed by atoms with van der Waals surface area (Å²) in [5.41, 5.74) is 2.48. The molecular formula is C11H13FO. The van der Waals surface area contributed by atoms with Gasteiger partial charge < -0.3 is 5.11 Å². The Morgan fingerprint density at radius 3 is 2.85 bits per heavy atom. The Bertz CT molecular complexity index is 305. The topological polar surface area (TPSA) is 20.2 Å². The molecule has 13 heavy (non-hydrogen) atoms. The Hall–Kier alpha value is -1.15. The minimum Gasteiger partial charge on any atom is -0.392 e. The second-order valence-corrected chi connectivity index (χ2v) is 2.92. The first-order chi connectivity index (χ1) is 6.27. The highest BCUT2D eigenvalue weighted by Crippen LogP contribution is 2.15. The van der Waals surface area contributed by atoms with Crippen molar-refractivity contribution in [3.8, 4) is 0 Å². The first-order valence-electron chi connectivity index (χ1n) is 4.21. The summed E-state index contributed by atoms with van der Waals surface area (Å²) < 4.78 is 12.5. The number of aliphatic hydroxyl groups excluding tert-OH is 1. The molecule has 0 fully saturated rings. The van der Waals surface area contributed by atoms with Crippen molar-refractivity contribution in [3.05, 3.63) is 41.5 Å². The van der Waals surface area contributed by atoms with E-state index in [2.05, 4.69) is 0 Å². The number of allylic oxidation sites excluding steroid dienone is 1. The van der Waals surface area contributed by atoms with E-state index in [4.69, 9.17) is 5.11 Å². The van der Waals surface area contributed by atoms with Gasteiger partial charge in [-0.05, 0) is 18.1 Å². The number of hydrogen-bond donors (Lipinski definition) is 1. The summed E-state index contributed by atoms with van der Waals surface area (Å²) in [4.78, 5) is 0. The molecule has 0 heterocycles. The van der Waals surface area contributed by atoms with Crippen molar-refractivity contribution >= 4 is 5.57 Å². The third-order valence-corrected chi connectivity index (χ3v) is 1.87. The second kappa shape index (κ2) is 4.77. The summed E-state index contributed by atoms with van der Waals surface area (Å²) in [5.74, 6) is 0. The van der Waals surface area contributed by atoms with Gasteiger partial charge >= 0.3 is 0 Å². The predicted molar refractivity (Wildman–Crippen MR) is 52.2 cm³/mol. The molecule has 0 saturated heterocycles. The van der Waals surface area contributed by atoms with Crippen LogP contribution in [0.5, 0.6) is 0 Å². The molecule has 1 aromatic carbocycles. The molecule has 2 heteroatoms. The highest BCUT2D eigenvalue weighted by molar-refractivity contribution is 5.66. The summed E-state index contributed by atoms with van der Waals surface area (Å²) in [7, 11) is 0. The van der Waals surface area contributed by atoms with Crippen molar-refractivity contribution in [3.63, 3.8) is 0 Å². The largest absolute Gasteiger partial charge is 0.392 e. The Morgan fingerprint density at radius 2 is 2.31 bits per heavy atom. The maximum atomic E-state index is 12.5. The second-order valence-electron chi connectivity index (χ2n) is 2.92. The lowest BCUT2D eigenvalue weighted by atomic mass is 10.0. The maximum Gasteiger partial charge on any atom is 0.115 e. The molecule has 1 N–H and O–H groups in total. The zero-order valence-corrected chi connectivity index (χ0v) is 7.63. The summed E-state index contributed by atoms with van der Waals surface area (Å²) in [6.07, 6.45) is 1.49. The van der Waals surface area contributed by atoms with Crippen LogP contribution in [0.1, 0.15) is 11.1 Å². The fraction of sp³-hybridized carbons (Fsp3) is 0.273. The lowest BCUT2D eigenvalue weighted by Gasteiger charge is -2.03. The number of aliphatic hydroxyl groups is 1. The molecule has 0 amide bonds. The van der Waals surface area contributed by atoms with E-state index in [1.165, 1.54) is 6.08 Å². The summed E-state index contributed by atoms with van der Waals surface area (Å²) >= 11 is 0. The fourth-order valence-electron chi connectivity index (χ4n) is 1.20. The van der Waals surface area contributed by atoms with Crippen molar-refractivity contribution in [2.45, 2.75) is 6.92 Å². The molecule has 0 bridgehead atoms. The molecule has 0 atom stereocenters. The van der Waals surface area contributed by atoms with Gasteiger partial charge in [-0.15, -0.1) is 0 Å². The number of halogens is 1. The van der Waals surface area contributed by atoms with Crippen LogP contribution >= 0.6 is 0 Å². The van der Waals surface area contributed by atoms with E-state index in [-0.39, 0.29) is 6.61 Å². The Kier molecular flexibility index (Phi) is 3.65. The lowest BCUT2D eigenvalue weighted by molar-refractivity contribution is 0.342. The van der Waals surface area contributed by atoms with E-state index >= 15 is 0 Å². The highest BCUT2D eigenvalue weighted by Gasteiger charge is 1.99. The van der Waals surface area contributed by atoms with Gasteiger partial charge in [-0.3, -0.25) is 0 Å². The third-order valence-electron chi connectivity index (χ3n) is 1.87. The molecule has 1 nitrogen and oxygen atoms in total. The third kappa shape index (κ3) is 2.67. The number of hydrogen-bond acceptors (Lipinski definition) is 1. The highest BCUT2D eigenvalue weighted by atomic mass is 19.1. The molecule has 0 radical (unpaired) electrons. The molecule has 0 aliphatic rings.